The number of aryl methyl sites for hydroxylation is 1. The van der Waals surface area contributed by atoms with E-state index in [2.05, 4.69) is 43.2 Å². The Morgan fingerprint density at radius 3 is 2.50 bits per heavy atom. The van der Waals surface area contributed by atoms with Crippen molar-refractivity contribution in [3.63, 3.8) is 0 Å². The zero-order valence-corrected chi connectivity index (χ0v) is 13.8. The van der Waals surface area contributed by atoms with Crippen LogP contribution in [-0.2, 0) is 6.42 Å². The Morgan fingerprint density at radius 1 is 1.25 bits per heavy atom. The molecule has 1 N–H and O–H groups in total. The van der Waals surface area contributed by atoms with Crippen LogP contribution in [0.1, 0.15) is 35.2 Å². The van der Waals surface area contributed by atoms with Crippen LogP contribution in [0.15, 0.2) is 30.5 Å². The monoisotopic (exact) mass is 308 g/mol. The lowest BCUT2D eigenvalue weighted by Gasteiger charge is -2.19. The first-order valence-electron chi connectivity index (χ1n) is 6.94. The molecular formula is C16H21ClN2S. The smallest absolute Gasteiger partial charge is 0.0896 e. The Bertz CT molecular complexity index is 534. The van der Waals surface area contributed by atoms with E-state index in [1.165, 1.54) is 10.4 Å². The van der Waals surface area contributed by atoms with Crippen LogP contribution in [-0.4, -0.2) is 17.6 Å². The number of hydrogen-bond acceptors (Lipinski definition) is 3. The van der Waals surface area contributed by atoms with Gasteiger partial charge in [-0.2, -0.15) is 0 Å². The molecule has 0 fully saturated rings. The van der Waals surface area contributed by atoms with Gasteiger partial charge in [-0.1, -0.05) is 37.6 Å². The fourth-order valence-electron chi connectivity index (χ4n) is 2.16. The molecule has 0 radical (unpaired) electrons. The van der Waals surface area contributed by atoms with Crippen LogP contribution in [0.3, 0.4) is 0 Å². The maximum atomic E-state index is 5.98. The molecular weight excluding hydrogens is 288 g/mol. The van der Waals surface area contributed by atoms with E-state index in [0.29, 0.717) is 12.0 Å². The number of aromatic nitrogens is 1. The van der Waals surface area contributed by atoms with E-state index >= 15 is 0 Å². The van der Waals surface area contributed by atoms with Crippen LogP contribution in [0.25, 0.3) is 0 Å². The lowest BCUT2D eigenvalue weighted by atomic mass is 9.95. The van der Waals surface area contributed by atoms with Gasteiger partial charge >= 0.3 is 0 Å². The normalized spacial score (nSPS) is 12.8. The maximum Gasteiger partial charge on any atom is 0.0896 e. The zero-order chi connectivity index (χ0) is 14.5. The fraction of sp³-hybridized carbons (Fsp3) is 0.438. The molecule has 2 nitrogen and oxygen atoms in total. The molecule has 0 saturated carbocycles. The number of nitrogens with one attached hydrogen (secondary N) is 1. The van der Waals surface area contributed by atoms with Crippen molar-refractivity contribution in [1.82, 2.24) is 10.3 Å². The summed E-state index contributed by atoms with van der Waals surface area (Å²) in [6.07, 6.45) is 3.02. The highest BCUT2D eigenvalue weighted by molar-refractivity contribution is 7.11. The molecule has 1 heterocycles. The molecule has 20 heavy (non-hydrogen) atoms. The molecule has 1 unspecified atom stereocenters. The van der Waals surface area contributed by atoms with Crippen LogP contribution in [0, 0.1) is 6.92 Å². The van der Waals surface area contributed by atoms with E-state index in [-0.39, 0.29) is 0 Å². The first kappa shape index (κ1) is 15.5. The third kappa shape index (κ3) is 4.58. The van der Waals surface area contributed by atoms with Gasteiger partial charge in [0.1, 0.15) is 0 Å². The highest BCUT2D eigenvalue weighted by Gasteiger charge is 2.14. The predicted molar refractivity (Wildman–Crippen MR) is 87.9 cm³/mol. The Morgan fingerprint density at radius 2 is 1.95 bits per heavy atom. The fourth-order valence-corrected chi connectivity index (χ4v) is 3.16. The highest BCUT2D eigenvalue weighted by atomic mass is 35.5. The summed E-state index contributed by atoms with van der Waals surface area (Å²) in [6, 6.07) is 8.69. The lowest BCUT2D eigenvalue weighted by molar-refractivity contribution is 0.528. The number of hydrogen-bond donors (Lipinski definition) is 1. The number of rotatable bonds is 6. The molecule has 4 heteroatoms. The van der Waals surface area contributed by atoms with Gasteiger partial charge in [0.25, 0.3) is 0 Å². The second-order valence-electron chi connectivity index (χ2n) is 5.36. The maximum absolute atomic E-state index is 5.98. The van der Waals surface area contributed by atoms with Gasteiger partial charge in [0.15, 0.2) is 0 Å². The standard InChI is InChI=1S/C16H21ClN2S/c1-11(2)18-9-14(8-16-10-19-12(3)20-16)13-4-6-15(17)7-5-13/h4-7,10-11,14,18H,8-9H2,1-3H3. The third-order valence-electron chi connectivity index (χ3n) is 3.23. The summed E-state index contributed by atoms with van der Waals surface area (Å²) >= 11 is 7.77. The van der Waals surface area contributed by atoms with Crippen LogP contribution in [0.2, 0.25) is 5.02 Å². The molecule has 2 aromatic rings. The molecule has 0 aliphatic heterocycles. The molecule has 0 spiro atoms. The summed E-state index contributed by atoms with van der Waals surface area (Å²) < 4.78 is 0. The molecule has 0 saturated heterocycles. The second kappa shape index (κ2) is 7.21. The van der Waals surface area contributed by atoms with E-state index in [1.807, 2.05) is 18.3 Å². The van der Waals surface area contributed by atoms with Crippen molar-refractivity contribution in [3.8, 4) is 0 Å². The van der Waals surface area contributed by atoms with Gasteiger partial charge in [0.2, 0.25) is 0 Å². The molecule has 1 aromatic heterocycles. The first-order chi connectivity index (χ1) is 9.54. The van der Waals surface area contributed by atoms with Gasteiger partial charge in [0, 0.05) is 34.6 Å². The third-order valence-corrected chi connectivity index (χ3v) is 4.42. The average molecular weight is 309 g/mol. The Kier molecular flexibility index (Phi) is 5.58. The Hall–Kier alpha value is -0.900. The van der Waals surface area contributed by atoms with Crippen LogP contribution in [0.5, 0.6) is 0 Å². The first-order valence-corrected chi connectivity index (χ1v) is 8.14. The lowest BCUT2D eigenvalue weighted by Crippen LogP contribution is -2.28. The molecule has 0 amide bonds. The SMILES string of the molecule is Cc1ncc(CC(CNC(C)C)c2ccc(Cl)cc2)s1. The number of benzene rings is 1. The Labute approximate surface area is 130 Å². The number of thiazole rings is 1. The molecule has 1 atom stereocenters. The van der Waals surface area contributed by atoms with Gasteiger partial charge < -0.3 is 5.32 Å². The van der Waals surface area contributed by atoms with Gasteiger partial charge in [0.05, 0.1) is 5.01 Å². The van der Waals surface area contributed by atoms with Crippen molar-refractivity contribution in [2.24, 2.45) is 0 Å². The molecule has 2 rings (SSSR count). The summed E-state index contributed by atoms with van der Waals surface area (Å²) in [5.41, 5.74) is 1.33. The summed E-state index contributed by atoms with van der Waals surface area (Å²) in [5.74, 6) is 0.453. The van der Waals surface area contributed by atoms with Crippen molar-refractivity contribution in [2.75, 3.05) is 6.54 Å². The van der Waals surface area contributed by atoms with Gasteiger partial charge in [-0.05, 0) is 31.0 Å². The Balaban J connectivity index is 2.13. The van der Waals surface area contributed by atoms with E-state index in [1.54, 1.807) is 11.3 Å². The molecule has 0 aliphatic carbocycles. The molecule has 0 bridgehead atoms. The number of halogens is 1. The van der Waals surface area contributed by atoms with Crippen molar-refractivity contribution in [2.45, 2.75) is 39.2 Å². The topological polar surface area (TPSA) is 24.9 Å². The van der Waals surface area contributed by atoms with Crippen LogP contribution in [0.4, 0.5) is 0 Å². The van der Waals surface area contributed by atoms with Gasteiger partial charge in [-0.3, -0.25) is 0 Å². The predicted octanol–water partition coefficient (Wildman–Crippen LogP) is 4.43. The minimum absolute atomic E-state index is 0.453. The number of nitrogens with zero attached hydrogens (tertiary/aromatic N) is 1. The van der Waals surface area contributed by atoms with E-state index in [9.17, 15) is 0 Å². The highest BCUT2D eigenvalue weighted by Crippen LogP contribution is 2.25. The summed E-state index contributed by atoms with van der Waals surface area (Å²) in [6.45, 7) is 7.37. The van der Waals surface area contributed by atoms with Crippen molar-refractivity contribution in [3.05, 3.63) is 50.9 Å². The second-order valence-corrected chi connectivity index (χ2v) is 7.12. The zero-order valence-electron chi connectivity index (χ0n) is 12.2. The van der Waals surface area contributed by atoms with Crippen molar-refractivity contribution in [1.29, 1.82) is 0 Å². The van der Waals surface area contributed by atoms with E-state index in [0.717, 1.165) is 23.0 Å². The van der Waals surface area contributed by atoms with E-state index < -0.39 is 0 Å². The van der Waals surface area contributed by atoms with Crippen LogP contribution >= 0.6 is 22.9 Å². The van der Waals surface area contributed by atoms with E-state index in [4.69, 9.17) is 11.6 Å². The molecule has 1 aromatic carbocycles. The summed E-state index contributed by atoms with van der Waals surface area (Å²) in [7, 11) is 0. The van der Waals surface area contributed by atoms with Gasteiger partial charge in [-0.25, -0.2) is 4.98 Å². The van der Waals surface area contributed by atoms with Crippen molar-refractivity contribution >= 4 is 22.9 Å². The van der Waals surface area contributed by atoms with Gasteiger partial charge in [-0.15, -0.1) is 11.3 Å². The molecule has 108 valence electrons. The van der Waals surface area contributed by atoms with Crippen molar-refractivity contribution < 1.29 is 0 Å². The minimum atomic E-state index is 0.453. The summed E-state index contributed by atoms with van der Waals surface area (Å²) in [5, 5.41) is 5.46. The summed E-state index contributed by atoms with van der Waals surface area (Å²) in [4.78, 5) is 5.69. The van der Waals surface area contributed by atoms with Crippen LogP contribution < -0.4 is 5.32 Å². The molecule has 0 aliphatic rings. The minimum Gasteiger partial charge on any atom is -0.314 e. The quantitative estimate of drug-likeness (QED) is 0.854. The average Bonchev–Trinajstić information content (AvgIpc) is 2.81. The largest absolute Gasteiger partial charge is 0.314 e.